The molecule has 0 bridgehead atoms. The van der Waals surface area contributed by atoms with Gasteiger partial charge in [-0.1, -0.05) is 0 Å². The van der Waals surface area contributed by atoms with E-state index in [1.165, 1.54) is 25.4 Å². The van der Waals surface area contributed by atoms with Gasteiger partial charge in [0.1, 0.15) is 17.3 Å². The fraction of sp³-hybridized carbons (Fsp3) is 0.167. The number of nitrogens with zero attached hydrogens (tertiary/aromatic N) is 2. The topological polar surface area (TPSA) is 105 Å². The lowest BCUT2D eigenvalue weighted by Crippen LogP contribution is -2.11. The number of carbonyl (C=O) groups excluding carboxylic acids is 2. The third-order valence-electron chi connectivity index (χ3n) is 3.52. The monoisotopic (exact) mass is 374 g/mol. The predicted molar refractivity (Wildman–Crippen MR) is 95.5 cm³/mol. The van der Waals surface area contributed by atoms with Gasteiger partial charge in [0.25, 0.3) is 6.43 Å². The molecular weight excluding hydrogens is 358 g/mol. The molecule has 2 heterocycles. The van der Waals surface area contributed by atoms with Crippen molar-refractivity contribution in [1.29, 1.82) is 5.41 Å². The van der Waals surface area contributed by atoms with Crippen molar-refractivity contribution in [2.24, 2.45) is 0 Å². The Hall–Kier alpha value is -3.49. The molecule has 27 heavy (non-hydrogen) atoms. The number of aromatic nitrogens is 2. The Labute approximate surface area is 153 Å². The van der Waals surface area contributed by atoms with Gasteiger partial charge in [0, 0.05) is 35.2 Å². The molecule has 2 aromatic rings. The van der Waals surface area contributed by atoms with Crippen LogP contribution in [0.3, 0.4) is 0 Å². The Balaban J connectivity index is 2.53. The molecule has 2 rings (SSSR count). The zero-order chi connectivity index (χ0) is 20.0. The summed E-state index contributed by atoms with van der Waals surface area (Å²) in [6, 6.07) is 2.50. The fourth-order valence-corrected chi connectivity index (χ4v) is 2.22. The van der Waals surface area contributed by atoms with Crippen LogP contribution in [0.2, 0.25) is 0 Å². The lowest BCUT2D eigenvalue weighted by atomic mass is 10.0. The summed E-state index contributed by atoms with van der Waals surface area (Å²) in [5, 5.41) is 9.57. The number of hydrogen-bond acceptors (Lipinski definition) is 6. The molecule has 0 aliphatic rings. The maximum Gasteiger partial charge on any atom is 0.280 e. The number of nitrogens with one attached hydrogen (secondary N) is 2. The van der Waals surface area contributed by atoms with E-state index in [-0.39, 0.29) is 28.3 Å². The molecule has 0 saturated carbocycles. The minimum absolute atomic E-state index is 0.104. The van der Waals surface area contributed by atoms with E-state index in [9.17, 15) is 18.4 Å². The molecule has 0 aliphatic carbocycles. The van der Waals surface area contributed by atoms with Crippen LogP contribution in [0.1, 0.15) is 29.4 Å². The van der Waals surface area contributed by atoms with Crippen molar-refractivity contribution in [3.8, 4) is 16.9 Å². The SMILES string of the molecule is COc1cnc(C(F)F)cc1-c1cc(NC(=O)/C=C(/C)C=N)ncc1C=O. The average molecular weight is 374 g/mol. The number of allylic oxidation sites excluding steroid dienone is 1. The smallest absolute Gasteiger partial charge is 0.280 e. The Morgan fingerprint density at radius 3 is 2.59 bits per heavy atom. The lowest BCUT2D eigenvalue weighted by Gasteiger charge is -2.13. The molecule has 9 heteroatoms. The number of amides is 1. The molecule has 1 amide bonds. The minimum atomic E-state index is -2.80. The summed E-state index contributed by atoms with van der Waals surface area (Å²) in [6.07, 6.45) is 2.29. The number of hydrogen-bond donors (Lipinski definition) is 2. The van der Waals surface area contributed by atoms with Crippen LogP contribution in [0.4, 0.5) is 14.6 Å². The molecule has 140 valence electrons. The number of alkyl halides is 2. The van der Waals surface area contributed by atoms with Crippen molar-refractivity contribution in [3.63, 3.8) is 0 Å². The number of pyridine rings is 2. The molecule has 0 unspecified atom stereocenters. The Morgan fingerprint density at radius 1 is 1.26 bits per heavy atom. The first-order valence-corrected chi connectivity index (χ1v) is 7.67. The maximum atomic E-state index is 13.0. The molecule has 0 radical (unpaired) electrons. The molecule has 7 nitrogen and oxygen atoms in total. The van der Waals surface area contributed by atoms with Crippen molar-refractivity contribution < 1.29 is 23.1 Å². The first kappa shape index (κ1) is 19.8. The van der Waals surface area contributed by atoms with E-state index in [1.54, 1.807) is 6.92 Å². The molecule has 2 aromatic heterocycles. The first-order chi connectivity index (χ1) is 12.9. The van der Waals surface area contributed by atoms with Gasteiger partial charge in [-0.05, 0) is 24.6 Å². The number of carbonyl (C=O) groups is 2. The van der Waals surface area contributed by atoms with E-state index in [0.29, 0.717) is 11.9 Å². The summed E-state index contributed by atoms with van der Waals surface area (Å²) in [4.78, 5) is 30.9. The Kier molecular flexibility index (Phi) is 6.42. The summed E-state index contributed by atoms with van der Waals surface area (Å²) >= 11 is 0. The van der Waals surface area contributed by atoms with Gasteiger partial charge in [0.15, 0.2) is 6.29 Å². The van der Waals surface area contributed by atoms with Crippen LogP contribution in [0.25, 0.3) is 11.1 Å². The number of methoxy groups -OCH3 is 1. The summed E-state index contributed by atoms with van der Waals surface area (Å²) in [7, 11) is 1.35. The van der Waals surface area contributed by atoms with Gasteiger partial charge in [-0.2, -0.15) is 0 Å². The molecule has 0 aliphatic heterocycles. The van der Waals surface area contributed by atoms with Gasteiger partial charge in [0.2, 0.25) is 5.91 Å². The highest BCUT2D eigenvalue weighted by molar-refractivity contribution is 6.02. The van der Waals surface area contributed by atoms with Gasteiger partial charge in [-0.3, -0.25) is 14.6 Å². The van der Waals surface area contributed by atoms with Crippen LogP contribution in [-0.2, 0) is 4.79 Å². The predicted octanol–water partition coefficient (Wildman–Crippen LogP) is 3.44. The van der Waals surface area contributed by atoms with E-state index in [0.717, 1.165) is 18.5 Å². The number of anilines is 1. The van der Waals surface area contributed by atoms with Crippen LogP contribution in [0.15, 0.2) is 36.2 Å². The van der Waals surface area contributed by atoms with E-state index in [4.69, 9.17) is 10.1 Å². The van der Waals surface area contributed by atoms with Gasteiger partial charge in [-0.25, -0.2) is 13.8 Å². The largest absolute Gasteiger partial charge is 0.494 e. The van der Waals surface area contributed by atoms with E-state index < -0.39 is 18.0 Å². The quantitative estimate of drug-likeness (QED) is 0.439. The Morgan fingerprint density at radius 2 is 2.00 bits per heavy atom. The Bertz CT molecular complexity index is 913. The minimum Gasteiger partial charge on any atom is -0.494 e. The summed E-state index contributed by atoms with van der Waals surface area (Å²) < 4.78 is 31.2. The maximum absolute atomic E-state index is 13.0. The van der Waals surface area contributed by atoms with Gasteiger partial charge >= 0.3 is 0 Å². The normalized spacial score (nSPS) is 11.2. The molecule has 0 atom stereocenters. The highest BCUT2D eigenvalue weighted by Gasteiger charge is 2.17. The third-order valence-corrected chi connectivity index (χ3v) is 3.52. The van der Waals surface area contributed by atoms with Crippen molar-refractivity contribution in [3.05, 3.63) is 47.4 Å². The highest BCUT2D eigenvalue weighted by Crippen LogP contribution is 2.34. The zero-order valence-electron chi connectivity index (χ0n) is 14.5. The molecular formula is C18H16F2N4O3. The average Bonchev–Trinajstić information content (AvgIpc) is 2.67. The van der Waals surface area contributed by atoms with Crippen LogP contribution in [0, 0.1) is 5.41 Å². The molecule has 0 fully saturated rings. The van der Waals surface area contributed by atoms with Gasteiger partial charge in [0.05, 0.1) is 13.3 Å². The summed E-state index contributed by atoms with van der Waals surface area (Å²) in [6.45, 7) is 1.58. The van der Waals surface area contributed by atoms with Crippen LogP contribution < -0.4 is 10.1 Å². The number of ether oxygens (including phenoxy) is 1. The van der Waals surface area contributed by atoms with E-state index in [1.807, 2.05) is 0 Å². The van der Waals surface area contributed by atoms with Crippen LogP contribution >= 0.6 is 0 Å². The van der Waals surface area contributed by atoms with E-state index >= 15 is 0 Å². The molecule has 0 aromatic carbocycles. The van der Waals surface area contributed by atoms with Gasteiger partial charge < -0.3 is 15.5 Å². The summed E-state index contributed by atoms with van der Waals surface area (Å²) in [5.41, 5.74) is 0.548. The lowest BCUT2D eigenvalue weighted by molar-refractivity contribution is -0.112. The number of rotatable bonds is 7. The molecule has 0 spiro atoms. The first-order valence-electron chi connectivity index (χ1n) is 7.67. The highest BCUT2D eigenvalue weighted by atomic mass is 19.3. The molecule has 0 saturated heterocycles. The van der Waals surface area contributed by atoms with Crippen molar-refractivity contribution in [1.82, 2.24) is 9.97 Å². The van der Waals surface area contributed by atoms with E-state index in [2.05, 4.69) is 15.3 Å². The second-order valence-corrected chi connectivity index (χ2v) is 5.41. The zero-order valence-corrected chi connectivity index (χ0v) is 14.5. The van der Waals surface area contributed by atoms with Crippen molar-refractivity contribution >= 4 is 24.2 Å². The standard InChI is InChI=1S/C18H16F2N4O3/c1-10(6-21)3-17(26)24-16-5-12(11(9-25)7-23-16)13-4-14(18(19)20)22-8-15(13)27-2/h3-9,18,21H,1-2H3,(H,23,24,26)/b10-3-,21-6?. The van der Waals surface area contributed by atoms with Crippen molar-refractivity contribution in [2.75, 3.05) is 12.4 Å². The third kappa shape index (κ3) is 4.78. The fourth-order valence-electron chi connectivity index (χ4n) is 2.22. The van der Waals surface area contributed by atoms with Crippen LogP contribution in [0.5, 0.6) is 5.75 Å². The second kappa shape index (κ2) is 8.75. The number of aldehydes is 1. The number of halogens is 2. The van der Waals surface area contributed by atoms with Crippen LogP contribution in [-0.4, -0.2) is 35.5 Å². The van der Waals surface area contributed by atoms with Gasteiger partial charge in [-0.15, -0.1) is 0 Å². The summed E-state index contributed by atoms with van der Waals surface area (Å²) in [5.74, 6) is -0.235. The van der Waals surface area contributed by atoms with Crippen molar-refractivity contribution in [2.45, 2.75) is 13.3 Å². The molecule has 2 N–H and O–H groups in total. The second-order valence-electron chi connectivity index (χ2n) is 5.41.